The SMILES string of the molecule is CC(=O)N[C@H]1C(O)O[C@H](CO)[C@@H](O[C@H]2O[C@H](C)[C@H](O)[C@H](O)[C@H]2O)[C@@H]1O[C@@H]1O[C@H](CO)[C@H](O)[C@H](O)[C@H]1O. The normalized spacial score (nSPS) is 50.0. The summed E-state index contributed by atoms with van der Waals surface area (Å²) < 4.78 is 27.7. The van der Waals surface area contributed by atoms with Gasteiger partial charge >= 0.3 is 0 Å². The van der Waals surface area contributed by atoms with Crippen LogP contribution in [0.3, 0.4) is 0 Å². The molecule has 3 heterocycles. The van der Waals surface area contributed by atoms with E-state index in [2.05, 4.69) is 5.32 Å². The van der Waals surface area contributed by atoms with E-state index in [1.54, 1.807) is 0 Å². The highest BCUT2D eigenvalue weighted by Gasteiger charge is 2.54. The van der Waals surface area contributed by atoms with Crippen molar-refractivity contribution in [3.63, 3.8) is 0 Å². The van der Waals surface area contributed by atoms with Gasteiger partial charge in [0.05, 0.1) is 19.3 Å². The minimum atomic E-state index is -1.86. The van der Waals surface area contributed by atoms with Crippen molar-refractivity contribution in [1.29, 1.82) is 0 Å². The second-order valence-corrected chi connectivity index (χ2v) is 9.05. The van der Waals surface area contributed by atoms with Gasteiger partial charge in [0.15, 0.2) is 18.9 Å². The second kappa shape index (κ2) is 12.2. The number of rotatable bonds is 7. The summed E-state index contributed by atoms with van der Waals surface area (Å²) in [6.45, 7) is 1.00. The first kappa shape index (κ1) is 29.5. The summed E-state index contributed by atoms with van der Waals surface area (Å²) in [5.41, 5.74) is 0. The molecule has 210 valence electrons. The quantitative estimate of drug-likeness (QED) is 0.147. The van der Waals surface area contributed by atoms with Crippen molar-refractivity contribution in [3.8, 4) is 0 Å². The number of nitrogens with one attached hydrogen (secondary N) is 1. The molecule has 10 N–H and O–H groups in total. The highest BCUT2D eigenvalue weighted by Crippen LogP contribution is 2.32. The number of hydrogen-bond acceptors (Lipinski definition) is 15. The number of aliphatic hydroxyl groups is 9. The van der Waals surface area contributed by atoms with Crippen LogP contribution in [0.1, 0.15) is 13.8 Å². The molecular formula is C20H35NO15. The van der Waals surface area contributed by atoms with E-state index >= 15 is 0 Å². The molecule has 3 saturated heterocycles. The maximum absolute atomic E-state index is 11.8. The Morgan fingerprint density at radius 1 is 0.722 bits per heavy atom. The summed E-state index contributed by atoms with van der Waals surface area (Å²) in [6, 6.07) is -1.42. The molecular weight excluding hydrogens is 494 g/mol. The number of carbonyl (C=O) groups excluding carboxylic acids is 1. The largest absolute Gasteiger partial charge is 0.394 e. The molecule has 0 aromatic carbocycles. The molecule has 16 nitrogen and oxygen atoms in total. The Bertz CT molecular complexity index is 729. The third-order valence-electron chi connectivity index (χ3n) is 6.45. The predicted molar refractivity (Wildman–Crippen MR) is 111 cm³/mol. The first-order chi connectivity index (χ1) is 16.9. The van der Waals surface area contributed by atoms with Gasteiger partial charge in [0, 0.05) is 6.92 Å². The molecule has 0 bridgehead atoms. The highest BCUT2D eigenvalue weighted by molar-refractivity contribution is 5.73. The molecule has 0 aliphatic carbocycles. The van der Waals surface area contributed by atoms with Gasteiger partial charge in [0.25, 0.3) is 0 Å². The first-order valence-corrected chi connectivity index (χ1v) is 11.4. The van der Waals surface area contributed by atoms with Crippen molar-refractivity contribution in [2.24, 2.45) is 0 Å². The standard InChI is InChI=1S/C20H35NO15/c1-5-10(25)12(27)14(29)19(32-5)35-16-8(4-23)33-18(31)9(21-6(2)24)17(16)36-20-15(30)13(28)11(26)7(3-22)34-20/h5,7-20,22-23,25-31H,3-4H2,1-2H3,(H,21,24)/t5-,7-,8-,9-,10+,11+,12+,13+,14-,15-,16-,17-,18?,19-,20+/m1/s1. The Morgan fingerprint density at radius 2 is 1.25 bits per heavy atom. The Labute approximate surface area is 205 Å². The lowest BCUT2D eigenvalue weighted by atomic mass is 9.94. The smallest absolute Gasteiger partial charge is 0.217 e. The fraction of sp³-hybridized carbons (Fsp3) is 0.950. The van der Waals surface area contributed by atoms with Crippen LogP contribution in [-0.4, -0.2) is 157 Å². The van der Waals surface area contributed by atoms with Crippen LogP contribution in [0.25, 0.3) is 0 Å². The van der Waals surface area contributed by atoms with Gasteiger partial charge in [-0.2, -0.15) is 0 Å². The van der Waals surface area contributed by atoms with Crippen molar-refractivity contribution >= 4 is 5.91 Å². The number of aliphatic hydroxyl groups excluding tert-OH is 9. The molecule has 0 aromatic heterocycles. The molecule has 0 radical (unpaired) electrons. The van der Waals surface area contributed by atoms with Crippen molar-refractivity contribution in [3.05, 3.63) is 0 Å². The highest BCUT2D eigenvalue weighted by atomic mass is 16.7. The molecule has 1 unspecified atom stereocenters. The van der Waals surface area contributed by atoms with E-state index in [0.717, 1.165) is 6.92 Å². The van der Waals surface area contributed by atoms with Gasteiger partial charge in [-0.25, -0.2) is 0 Å². The lowest BCUT2D eigenvalue weighted by molar-refractivity contribution is -0.370. The van der Waals surface area contributed by atoms with Crippen LogP contribution in [-0.2, 0) is 28.5 Å². The minimum Gasteiger partial charge on any atom is -0.394 e. The van der Waals surface area contributed by atoms with E-state index in [1.807, 2.05) is 0 Å². The van der Waals surface area contributed by atoms with Crippen LogP contribution < -0.4 is 5.32 Å². The molecule has 36 heavy (non-hydrogen) atoms. The van der Waals surface area contributed by atoms with Crippen molar-refractivity contribution in [1.82, 2.24) is 5.32 Å². The average Bonchev–Trinajstić information content (AvgIpc) is 2.84. The van der Waals surface area contributed by atoms with Crippen LogP contribution >= 0.6 is 0 Å². The Morgan fingerprint density at radius 3 is 1.81 bits per heavy atom. The Hall–Kier alpha value is -1.09. The summed E-state index contributed by atoms with van der Waals surface area (Å²) in [5, 5.41) is 93.2. The molecule has 3 aliphatic rings. The van der Waals surface area contributed by atoms with Crippen LogP contribution in [0.5, 0.6) is 0 Å². The Kier molecular flexibility index (Phi) is 9.97. The molecule has 16 heteroatoms. The van der Waals surface area contributed by atoms with Gasteiger partial charge in [-0.3, -0.25) is 4.79 Å². The lowest BCUT2D eigenvalue weighted by Crippen LogP contribution is -2.69. The molecule has 0 aromatic rings. The number of carbonyl (C=O) groups is 1. The topological polar surface area (TPSA) is 257 Å². The summed E-state index contributed by atoms with van der Waals surface area (Å²) in [5.74, 6) is -0.646. The first-order valence-electron chi connectivity index (χ1n) is 11.4. The molecule has 15 atom stereocenters. The summed E-state index contributed by atoms with van der Waals surface area (Å²) >= 11 is 0. The van der Waals surface area contributed by atoms with E-state index in [4.69, 9.17) is 23.7 Å². The lowest BCUT2D eigenvalue weighted by Gasteiger charge is -2.49. The summed E-state index contributed by atoms with van der Waals surface area (Å²) in [4.78, 5) is 11.8. The number of amides is 1. The second-order valence-electron chi connectivity index (χ2n) is 9.05. The average molecular weight is 529 g/mol. The third kappa shape index (κ3) is 5.97. The van der Waals surface area contributed by atoms with Gasteiger partial charge < -0.3 is 75.0 Å². The van der Waals surface area contributed by atoms with Gasteiger partial charge in [0.1, 0.15) is 67.1 Å². The fourth-order valence-electron chi connectivity index (χ4n) is 4.40. The maximum atomic E-state index is 11.8. The molecule has 0 spiro atoms. The zero-order valence-corrected chi connectivity index (χ0v) is 19.5. The zero-order valence-electron chi connectivity index (χ0n) is 19.5. The fourth-order valence-corrected chi connectivity index (χ4v) is 4.40. The van der Waals surface area contributed by atoms with Crippen molar-refractivity contribution in [2.45, 2.75) is 106 Å². The molecule has 1 amide bonds. The molecule has 3 rings (SSSR count). The predicted octanol–water partition coefficient (Wildman–Crippen LogP) is -6.40. The summed E-state index contributed by atoms with van der Waals surface area (Å²) in [6.07, 6.45) is -22.0. The van der Waals surface area contributed by atoms with E-state index in [-0.39, 0.29) is 0 Å². The number of ether oxygens (including phenoxy) is 5. The van der Waals surface area contributed by atoms with E-state index in [1.165, 1.54) is 6.92 Å². The van der Waals surface area contributed by atoms with E-state index < -0.39 is 111 Å². The van der Waals surface area contributed by atoms with Gasteiger partial charge in [-0.15, -0.1) is 0 Å². The van der Waals surface area contributed by atoms with Gasteiger partial charge in [-0.05, 0) is 6.92 Å². The monoisotopic (exact) mass is 529 g/mol. The van der Waals surface area contributed by atoms with E-state index in [0.29, 0.717) is 0 Å². The molecule has 3 aliphatic heterocycles. The minimum absolute atomic E-state index is 0.646. The van der Waals surface area contributed by atoms with Crippen LogP contribution in [0.2, 0.25) is 0 Å². The van der Waals surface area contributed by atoms with Crippen LogP contribution in [0.15, 0.2) is 0 Å². The maximum Gasteiger partial charge on any atom is 0.217 e. The zero-order chi connectivity index (χ0) is 26.9. The molecule has 0 saturated carbocycles. The third-order valence-corrected chi connectivity index (χ3v) is 6.45. The van der Waals surface area contributed by atoms with E-state index in [9.17, 15) is 50.8 Å². The van der Waals surface area contributed by atoms with Gasteiger partial charge in [0.2, 0.25) is 5.91 Å². The molecule has 3 fully saturated rings. The van der Waals surface area contributed by atoms with Crippen molar-refractivity contribution in [2.75, 3.05) is 13.2 Å². The number of hydrogen-bond donors (Lipinski definition) is 10. The van der Waals surface area contributed by atoms with Crippen LogP contribution in [0.4, 0.5) is 0 Å². The summed E-state index contributed by atoms with van der Waals surface area (Å²) in [7, 11) is 0. The van der Waals surface area contributed by atoms with Crippen molar-refractivity contribution < 1.29 is 74.4 Å². The van der Waals surface area contributed by atoms with Gasteiger partial charge in [-0.1, -0.05) is 0 Å². The van der Waals surface area contributed by atoms with Crippen LogP contribution in [0, 0.1) is 0 Å². The Balaban J connectivity index is 1.92.